The van der Waals surface area contributed by atoms with Gasteiger partial charge >= 0.3 is 21.2 Å². The van der Waals surface area contributed by atoms with E-state index in [-0.39, 0.29) is 43.8 Å². The lowest BCUT2D eigenvalue weighted by Crippen LogP contribution is -2.33. The van der Waals surface area contributed by atoms with Gasteiger partial charge in [0, 0.05) is 24.5 Å². The van der Waals surface area contributed by atoms with Crippen molar-refractivity contribution in [1.29, 1.82) is 0 Å². The number of aliphatic hydroxyl groups is 3. The average molecular weight is 991 g/mol. The second-order valence-corrected chi connectivity index (χ2v) is 21.0. The molecular weight excluding hydrogens is 934 g/mol. The van der Waals surface area contributed by atoms with Gasteiger partial charge in [0.1, 0.15) is 73.2 Å². The molecule has 66 heavy (non-hydrogen) atoms. The summed E-state index contributed by atoms with van der Waals surface area (Å²) in [5.74, 6) is 0.410. The van der Waals surface area contributed by atoms with Crippen molar-refractivity contribution in [3.8, 4) is 6.01 Å². The minimum atomic E-state index is -4.37. The topological polar surface area (TPSA) is 326 Å². The average Bonchev–Trinajstić information content (AvgIpc) is 4.11. The van der Waals surface area contributed by atoms with E-state index in [0.29, 0.717) is 34.4 Å². The molecule has 0 unspecified atom stereocenters. The fourth-order valence-electron chi connectivity index (χ4n) is 9.07. The molecule has 7 heterocycles. The van der Waals surface area contributed by atoms with Gasteiger partial charge in [-0.2, -0.15) is 15.0 Å². The van der Waals surface area contributed by atoms with Crippen molar-refractivity contribution in [2.45, 2.75) is 132 Å². The molecule has 9 rings (SSSR count). The van der Waals surface area contributed by atoms with Crippen molar-refractivity contribution in [2.75, 3.05) is 49.8 Å². The van der Waals surface area contributed by atoms with Gasteiger partial charge in [-0.05, 0) is 63.3 Å². The van der Waals surface area contributed by atoms with Crippen LogP contribution in [0.25, 0.3) is 22.1 Å². The predicted octanol–water partition coefficient (Wildman–Crippen LogP) is 2.94. The van der Waals surface area contributed by atoms with E-state index < -0.39 is 82.8 Å². The number of aliphatic hydroxyl groups excluding tert-OH is 3. The Hall–Kier alpha value is -3.13. The SMILES string of the molecule is CC1(C)O[C@@H]2[C@H](O1)[C@@H](COCP(=O)(O)O)O[C@H]2n1ccc2c(NC3CCCC3)nc(Cl)nc21.O=P(O)(O)COC[C@H]1O[C@@H](n2ccc3c(NC4CCCC4)nc(OCCO)nc32)[C@H](O)[C@@H]1O. The third kappa shape index (κ3) is 11.6. The highest BCUT2D eigenvalue weighted by molar-refractivity contribution is 7.51. The molecule has 2 aliphatic carbocycles. The van der Waals surface area contributed by atoms with Crippen LogP contribution < -0.4 is 15.4 Å². The standard InChI is InChI=1S/C20H28ClN4O7P.C19H29N4O9P/c1-20(2)31-14-13(9-29-10-33(26,27)28)30-18(15(14)32-20)25-8-7-12-16(22-11-5-3-4-6-11)23-19(21)24-17(12)25;24-7-8-31-19-21-16(20-11-3-1-2-4-11)12-5-6-23(17(12)22-19)18-15(26)14(25)13(32-18)9-30-10-33(27,28)29/h7-8,11,13-15,18H,3-6,9-10H2,1-2H3,(H,22,23,24)(H2,26,27,28);5-6,11,13-15,18,24-26H,1-4,7-10H2,(H,20,21,22)(H2,27,28,29)/t2*13-,14-,15-,18-/m11/s1. The summed E-state index contributed by atoms with van der Waals surface area (Å²) in [7, 11) is -8.66. The first-order valence-electron chi connectivity index (χ1n) is 21.8. The van der Waals surface area contributed by atoms with Crippen LogP contribution in [0.5, 0.6) is 6.01 Å². The van der Waals surface area contributed by atoms with Crippen molar-refractivity contribution >= 4 is 60.5 Å². The number of halogens is 1. The lowest BCUT2D eigenvalue weighted by atomic mass is 10.1. The van der Waals surface area contributed by atoms with Crippen LogP contribution in [0, 0.1) is 0 Å². The number of fused-ring (bicyclic) bond motifs is 3. The summed E-state index contributed by atoms with van der Waals surface area (Å²) >= 11 is 6.28. The van der Waals surface area contributed by atoms with Crippen LogP contribution in [-0.2, 0) is 37.6 Å². The molecule has 4 aromatic heterocycles. The Morgan fingerprint density at radius 3 is 1.83 bits per heavy atom. The molecule has 4 aromatic rings. The molecule has 0 aromatic carbocycles. The van der Waals surface area contributed by atoms with E-state index >= 15 is 0 Å². The van der Waals surface area contributed by atoms with Gasteiger partial charge in [0.05, 0.1) is 30.6 Å². The molecule has 5 fully saturated rings. The molecule has 8 atom stereocenters. The molecule has 24 nitrogen and oxygen atoms in total. The Morgan fingerprint density at radius 2 is 1.26 bits per heavy atom. The molecule has 0 spiro atoms. The normalized spacial score (nSPS) is 28.0. The Labute approximate surface area is 383 Å². The Morgan fingerprint density at radius 1 is 0.742 bits per heavy atom. The van der Waals surface area contributed by atoms with Crippen LogP contribution in [-0.4, -0.2) is 158 Å². The first kappa shape index (κ1) is 49.3. The van der Waals surface area contributed by atoms with Crippen molar-refractivity contribution in [3.63, 3.8) is 0 Å². The highest BCUT2D eigenvalue weighted by Gasteiger charge is 2.56. The minimum Gasteiger partial charge on any atom is -0.461 e. The summed E-state index contributed by atoms with van der Waals surface area (Å²) in [6.45, 7) is 3.06. The second kappa shape index (κ2) is 20.5. The van der Waals surface area contributed by atoms with Crippen molar-refractivity contribution < 1.29 is 77.2 Å². The van der Waals surface area contributed by atoms with Gasteiger partial charge in [-0.25, -0.2) is 4.98 Å². The Bertz CT molecular complexity index is 2390. The van der Waals surface area contributed by atoms with Crippen molar-refractivity contribution in [2.24, 2.45) is 0 Å². The molecule has 0 amide bonds. The number of ether oxygens (including phenoxy) is 7. The summed E-state index contributed by atoms with van der Waals surface area (Å²) in [6.07, 6.45) is 4.02. The van der Waals surface area contributed by atoms with Crippen LogP contribution in [0.2, 0.25) is 5.28 Å². The third-order valence-corrected chi connectivity index (χ3v) is 13.1. The predicted molar refractivity (Wildman–Crippen MR) is 234 cm³/mol. The maximum atomic E-state index is 11.2. The lowest BCUT2D eigenvalue weighted by molar-refractivity contribution is -0.201. The van der Waals surface area contributed by atoms with Crippen molar-refractivity contribution in [1.82, 2.24) is 29.1 Å². The van der Waals surface area contributed by atoms with E-state index in [0.717, 1.165) is 43.9 Å². The molecule has 9 N–H and O–H groups in total. The maximum absolute atomic E-state index is 11.2. The maximum Gasteiger partial charge on any atom is 0.350 e. The first-order chi connectivity index (χ1) is 31.4. The van der Waals surface area contributed by atoms with E-state index in [1.165, 1.54) is 12.8 Å². The second-order valence-electron chi connectivity index (χ2n) is 17.4. The number of hydrogen-bond donors (Lipinski definition) is 9. The van der Waals surface area contributed by atoms with Crippen LogP contribution in [0.3, 0.4) is 0 Å². The summed E-state index contributed by atoms with van der Waals surface area (Å²) in [5.41, 5.74) is 0.996. The number of nitrogens with zero attached hydrogens (tertiary/aromatic N) is 6. The van der Waals surface area contributed by atoms with Gasteiger partial charge in [0.2, 0.25) is 5.28 Å². The molecular formula is C39H57ClN8O16P2. The fraction of sp³-hybridized carbons (Fsp3) is 0.692. The lowest BCUT2D eigenvalue weighted by Gasteiger charge is -2.25. The van der Waals surface area contributed by atoms with Crippen LogP contribution >= 0.6 is 26.8 Å². The highest BCUT2D eigenvalue weighted by Crippen LogP contribution is 2.45. The van der Waals surface area contributed by atoms with Crippen LogP contribution in [0.4, 0.5) is 11.6 Å². The molecule has 3 saturated heterocycles. The van der Waals surface area contributed by atoms with Gasteiger partial charge in [-0.3, -0.25) is 9.13 Å². The van der Waals surface area contributed by atoms with E-state index in [4.69, 9.17) is 69.4 Å². The molecule has 2 saturated carbocycles. The largest absolute Gasteiger partial charge is 0.461 e. The summed E-state index contributed by atoms with van der Waals surface area (Å²) in [4.78, 5) is 53.7. The van der Waals surface area contributed by atoms with Gasteiger partial charge in [0.15, 0.2) is 23.9 Å². The molecule has 0 radical (unpaired) electrons. The molecule has 3 aliphatic heterocycles. The minimum absolute atomic E-state index is 0.00926. The van der Waals surface area contributed by atoms with E-state index in [9.17, 15) is 19.3 Å². The Balaban J connectivity index is 0.000000179. The van der Waals surface area contributed by atoms with Crippen LogP contribution in [0.15, 0.2) is 24.5 Å². The van der Waals surface area contributed by atoms with Gasteiger partial charge < -0.3 is 87.8 Å². The first-order valence-corrected chi connectivity index (χ1v) is 25.8. The molecule has 5 aliphatic rings. The van der Waals surface area contributed by atoms with Crippen LogP contribution in [0.1, 0.15) is 77.7 Å². The quantitative estimate of drug-likeness (QED) is 0.0542. The third-order valence-electron chi connectivity index (χ3n) is 11.9. The summed E-state index contributed by atoms with van der Waals surface area (Å²) in [5, 5.41) is 38.6. The zero-order valence-corrected chi connectivity index (χ0v) is 38.8. The zero-order chi connectivity index (χ0) is 47.0. The monoisotopic (exact) mass is 990 g/mol. The number of nitrogens with one attached hydrogen (secondary N) is 2. The van der Waals surface area contributed by atoms with Gasteiger partial charge in [-0.15, -0.1) is 0 Å². The molecule has 0 bridgehead atoms. The van der Waals surface area contributed by atoms with Gasteiger partial charge in [-0.1, -0.05) is 25.7 Å². The number of rotatable bonds is 17. The van der Waals surface area contributed by atoms with E-state index in [1.807, 2.05) is 30.7 Å². The number of aromatic nitrogens is 6. The van der Waals surface area contributed by atoms with Crippen molar-refractivity contribution in [3.05, 3.63) is 29.8 Å². The molecule has 27 heteroatoms. The highest BCUT2D eigenvalue weighted by atomic mass is 35.5. The number of hydrogen-bond acceptors (Lipinski definition) is 18. The zero-order valence-electron chi connectivity index (χ0n) is 36.2. The summed E-state index contributed by atoms with van der Waals surface area (Å²) < 4.78 is 65.3. The van der Waals surface area contributed by atoms with E-state index in [1.54, 1.807) is 16.8 Å². The fourth-order valence-corrected chi connectivity index (χ4v) is 9.92. The number of anilines is 2. The van der Waals surface area contributed by atoms with Gasteiger partial charge in [0.25, 0.3) is 0 Å². The smallest absolute Gasteiger partial charge is 0.350 e. The molecule has 366 valence electrons. The Kier molecular flexibility index (Phi) is 15.3. The van der Waals surface area contributed by atoms with E-state index in [2.05, 4.69) is 30.6 Å². The summed E-state index contributed by atoms with van der Waals surface area (Å²) in [6, 6.07) is 4.36.